The summed E-state index contributed by atoms with van der Waals surface area (Å²) in [7, 11) is 0. The van der Waals surface area contributed by atoms with E-state index in [1.165, 1.54) is 18.2 Å². The third kappa shape index (κ3) is 3.03. The zero-order valence-electron chi connectivity index (χ0n) is 9.15. The lowest BCUT2D eigenvalue weighted by Gasteiger charge is -2.07. The van der Waals surface area contributed by atoms with Gasteiger partial charge in [-0.1, -0.05) is 11.6 Å². The molecule has 0 atom stereocenters. The average molecular weight is 282 g/mol. The molecule has 2 rings (SSSR count). The van der Waals surface area contributed by atoms with Gasteiger partial charge < -0.3 is 5.32 Å². The molecule has 5 heteroatoms. The molecule has 0 unspecified atom stereocenters. The Morgan fingerprint density at radius 1 is 1.17 bits per heavy atom. The third-order valence-corrected chi connectivity index (χ3v) is 2.93. The predicted molar refractivity (Wildman–Crippen MR) is 73.1 cm³/mol. The Hall–Kier alpha value is -1.52. The van der Waals surface area contributed by atoms with Gasteiger partial charge in [0.15, 0.2) is 0 Å². The molecule has 0 spiro atoms. The Morgan fingerprint density at radius 3 is 2.50 bits per heavy atom. The lowest BCUT2D eigenvalue weighted by molar-refractivity contribution is 0.102. The fourth-order valence-electron chi connectivity index (χ4n) is 1.40. The normalized spacial score (nSPS) is 10.2. The van der Waals surface area contributed by atoms with E-state index in [1.807, 2.05) is 0 Å². The lowest BCUT2D eigenvalue weighted by Crippen LogP contribution is -2.12. The highest BCUT2D eigenvalue weighted by molar-refractivity contribution is 7.80. The molecule has 92 valence electrons. The van der Waals surface area contributed by atoms with Gasteiger partial charge in [-0.05, 0) is 42.5 Å². The number of hydrogen-bond acceptors (Lipinski definition) is 2. The number of carbonyl (C=O) groups excluding carboxylic acids is 1. The smallest absolute Gasteiger partial charge is 0.255 e. The average Bonchev–Trinajstić information content (AvgIpc) is 2.34. The van der Waals surface area contributed by atoms with Crippen LogP contribution in [0.25, 0.3) is 0 Å². The van der Waals surface area contributed by atoms with Crippen LogP contribution in [0.2, 0.25) is 5.02 Å². The molecular formula is C13H9ClFNOS. The number of benzene rings is 2. The highest BCUT2D eigenvalue weighted by atomic mass is 35.5. The number of carbonyl (C=O) groups is 1. The fraction of sp³-hybridized carbons (Fsp3) is 0. The van der Waals surface area contributed by atoms with Crippen LogP contribution in [-0.2, 0) is 0 Å². The van der Waals surface area contributed by atoms with Gasteiger partial charge in [0.25, 0.3) is 5.91 Å². The van der Waals surface area contributed by atoms with Crippen molar-refractivity contribution in [2.24, 2.45) is 0 Å². The van der Waals surface area contributed by atoms with E-state index in [0.29, 0.717) is 5.56 Å². The van der Waals surface area contributed by atoms with Crippen molar-refractivity contribution in [2.45, 2.75) is 4.90 Å². The van der Waals surface area contributed by atoms with Gasteiger partial charge in [0, 0.05) is 10.5 Å². The fourth-order valence-corrected chi connectivity index (χ4v) is 1.71. The van der Waals surface area contributed by atoms with Crippen LogP contribution in [0.4, 0.5) is 10.1 Å². The van der Waals surface area contributed by atoms with E-state index in [-0.39, 0.29) is 16.6 Å². The zero-order valence-corrected chi connectivity index (χ0v) is 10.8. The molecule has 2 nitrogen and oxygen atoms in total. The Labute approximate surface area is 114 Å². The predicted octanol–water partition coefficient (Wildman–Crippen LogP) is 4.02. The standard InChI is InChI=1S/C13H9ClFNOS/c14-11-6-3-9(15)7-12(11)16-13(17)8-1-4-10(18)5-2-8/h1-7,18H,(H,16,17). The molecule has 0 aliphatic carbocycles. The van der Waals surface area contributed by atoms with E-state index in [4.69, 9.17) is 11.6 Å². The molecule has 0 aliphatic heterocycles. The van der Waals surface area contributed by atoms with E-state index >= 15 is 0 Å². The largest absolute Gasteiger partial charge is 0.321 e. The number of nitrogens with one attached hydrogen (secondary N) is 1. The minimum atomic E-state index is -0.458. The summed E-state index contributed by atoms with van der Waals surface area (Å²) in [5.41, 5.74) is 0.699. The molecule has 0 radical (unpaired) electrons. The van der Waals surface area contributed by atoms with Crippen LogP contribution in [0.3, 0.4) is 0 Å². The Balaban J connectivity index is 2.21. The molecule has 2 aromatic carbocycles. The summed E-state index contributed by atoms with van der Waals surface area (Å²) in [6.07, 6.45) is 0. The molecule has 18 heavy (non-hydrogen) atoms. The van der Waals surface area contributed by atoms with Crippen LogP contribution in [0.1, 0.15) is 10.4 Å². The van der Waals surface area contributed by atoms with Gasteiger partial charge in [-0.3, -0.25) is 4.79 Å². The first-order chi connectivity index (χ1) is 8.56. The van der Waals surface area contributed by atoms with Gasteiger partial charge in [0.1, 0.15) is 5.82 Å². The van der Waals surface area contributed by atoms with Crippen molar-refractivity contribution in [3.63, 3.8) is 0 Å². The number of rotatable bonds is 2. The maximum absolute atomic E-state index is 13.0. The van der Waals surface area contributed by atoms with Crippen molar-refractivity contribution in [3.8, 4) is 0 Å². The van der Waals surface area contributed by atoms with Crippen molar-refractivity contribution in [1.29, 1.82) is 0 Å². The summed E-state index contributed by atoms with van der Waals surface area (Å²) < 4.78 is 13.0. The van der Waals surface area contributed by atoms with E-state index < -0.39 is 5.82 Å². The van der Waals surface area contributed by atoms with Crippen molar-refractivity contribution in [2.75, 3.05) is 5.32 Å². The summed E-state index contributed by atoms with van der Waals surface area (Å²) in [6, 6.07) is 10.5. The number of amides is 1. The van der Waals surface area contributed by atoms with Gasteiger partial charge in [-0.2, -0.15) is 0 Å². The quantitative estimate of drug-likeness (QED) is 0.800. The maximum Gasteiger partial charge on any atom is 0.255 e. The van der Waals surface area contributed by atoms with Crippen molar-refractivity contribution >= 4 is 35.8 Å². The van der Waals surface area contributed by atoms with Crippen LogP contribution in [0.5, 0.6) is 0 Å². The highest BCUT2D eigenvalue weighted by Gasteiger charge is 2.09. The second-order valence-electron chi connectivity index (χ2n) is 3.63. The number of thiol groups is 1. The molecule has 0 saturated carbocycles. The van der Waals surface area contributed by atoms with Gasteiger partial charge in [0.05, 0.1) is 10.7 Å². The first-order valence-electron chi connectivity index (χ1n) is 5.12. The zero-order chi connectivity index (χ0) is 13.1. The first kappa shape index (κ1) is 12.9. The third-order valence-electron chi connectivity index (χ3n) is 2.31. The molecule has 1 N–H and O–H groups in total. The minimum absolute atomic E-state index is 0.247. The second-order valence-corrected chi connectivity index (χ2v) is 4.55. The molecule has 0 aromatic heterocycles. The molecule has 0 bridgehead atoms. The first-order valence-corrected chi connectivity index (χ1v) is 5.94. The second kappa shape index (κ2) is 5.42. The van der Waals surface area contributed by atoms with E-state index in [2.05, 4.69) is 17.9 Å². The molecule has 0 heterocycles. The molecule has 2 aromatic rings. The maximum atomic E-state index is 13.0. The van der Waals surface area contributed by atoms with Gasteiger partial charge in [-0.25, -0.2) is 4.39 Å². The summed E-state index contributed by atoms with van der Waals surface area (Å²) in [6.45, 7) is 0. The van der Waals surface area contributed by atoms with Crippen LogP contribution in [0.15, 0.2) is 47.4 Å². The van der Waals surface area contributed by atoms with Gasteiger partial charge in [0.2, 0.25) is 0 Å². The van der Waals surface area contributed by atoms with Gasteiger partial charge in [-0.15, -0.1) is 12.6 Å². The van der Waals surface area contributed by atoms with E-state index in [9.17, 15) is 9.18 Å². The number of anilines is 1. The van der Waals surface area contributed by atoms with Gasteiger partial charge >= 0.3 is 0 Å². The summed E-state index contributed by atoms with van der Waals surface area (Å²) >= 11 is 9.99. The van der Waals surface area contributed by atoms with Crippen molar-refractivity contribution in [3.05, 3.63) is 58.9 Å². The molecule has 0 aliphatic rings. The summed E-state index contributed by atoms with van der Waals surface area (Å²) in [5, 5.41) is 2.84. The van der Waals surface area contributed by atoms with Crippen LogP contribution in [-0.4, -0.2) is 5.91 Å². The SMILES string of the molecule is O=C(Nc1cc(F)ccc1Cl)c1ccc(S)cc1. The molecule has 0 fully saturated rings. The van der Waals surface area contributed by atoms with E-state index in [1.54, 1.807) is 24.3 Å². The molecule has 0 saturated heterocycles. The monoisotopic (exact) mass is 281 g/mol. The lowest BCUT2D eigenvalue weighted by atomic mass is 10.2. The Bertz CT molecular complexity index is 586. The highest BCUT2D eigenvalue weighted by Crippen LogP contribution is 2.23. The van der Waals surface area contributed by atoms with Crippen LogP contribution >= 0.6 is 24.2 Å². The van der Waals surface area contributed by atoms with Crippen LogP contribution < -0.4 is 5.32 Å². The molecule has 1 amide bonds. The van der Waals surface area contributed by atoms with Crippen LogP contribution in [0, 0.1) is 5.82 Å². The number of hydrogen-bond donors (Lipinski definition) is 2. The number of halogens is 2. The van der Waals surface area contributed by atoms with E-state index in [0.717, 1.165) is 4.90 Å². The topological polar surface area (TPSA) is 29.1 Å². The molecular weight excluding hydrogens is 273 g/mol. The van der Waals surface area contributed by atoms with Crippen molar-refractivity contribution < 1.29 is 9.18 Å². The van der Waals surface area contributed by atoms with Crippen molar-refractivity contribution in [1.82, 2.24) is 0 Å². The Morgan fingerprint density at radius 2 is 1.83 bits per heavy atom. The summed E-state index contributed by atoms with van der Waals surface area (Å²) in [4.78, 5) is 12.6. The minimum Gasteiger partial charge on any atom is -0.321 e. The Kier molecular flexibility index (Phi) is 3.89. The summed E-state index contributed by atoms with van der Waals surface area (Å²) in [5.74, 6) is -0.809.